The Bertz CT molecular complexity index is 593. The van der Waals surface area contributed by atoms with Gasteiger partial charge >= 0.3 is 0 Å². The molecule has 4 rings (SSSR count). The normalized spacial score (nSPS) is 50.5. The minimum atomic E-state index is -0.862. The van der Waals surface area contributed by atoms with Crippen molar-refractivity contribution in [3.8, 4) is 12.3 Å². The van der Waals surface area contributed by atoms with Gasteiger partial charge in [-0.25, -0.2) is 0 Å². The van der Waals surface area contributed by atoms with Crippen LogP contribution in [0.25, 0.3) is 0 Å². The zero-order valence-corrected chi connectivity index (χ0v) is 15.8. The average molecular weight is 344 g/mol. The van der Waals surface area contributed by atoms with Crippen molar-refractivity contribution in [1.82, 2.24) is 0 Å². The monoisotopic (exact) mass is 343 g/mol. The molecule has 0 heterocycles. The Kier molecular flexibility index (Phi) is 4.39. The molecule has 4 aliphatic carbocycles. The summed E-state index contributed by atoms with van der Waals surface area (Å²) in [7, 11) is 1.66. The first kappa shape index (κ1) is 17.4. The van der Waals surface area contributed by atoms with Crippen molar-refractivity contribution in [2.75, 3.05) is 7.11 Å². The Hall–Kier alpha value is -1.01. The highest BCUT2D eigenvalue weighted by molar-refractivity contribution is 5.85. The molecule has 3 heteroatoms. The second kappa shape index (κ2) is 6.31. The highest BCUT2D eigenvalue weighted by Gasteiger charge is 2.63. The number of fused-ring (bicyclic) bond motifs is 5. The van der Waals surface area contributed by atoms with Gasteiger partial charge in [-0.2, -0.15) is 0 Å². The lowest BCUT2D eigenvalue weighted by Crippen LogP contribution is -2.54. The third-order valence-electron chi connectivity index (χ3n) is 8.72. The van der Waals surface area contributed by atoms with E-state index in [1.54, 1.807) is 7.11 Å². The Morgan fingerprint density at radius 2 is 2.00 bits per heavy atom. The smallest absolute Gasteiger partial charge is 0.131 e. The van der Waals surface area contributed by atoms with E-state index >= 15 is 0 Å². The van der Waals surface area contributed by atoms with Gasteiger partial charge in [-0.15, -0.1) is 6.42 Å². The van der Waals surface area contributed by atoms with E-state index in [1.165, 1.54) is 31.4 Å². The molecule has 7 atom stereocenters. The van der Waals surface area contributed by atoms with Gasteiger partial charge in [-0.1, -0.05) is 18.0 Å². The number of oxime groups is 1. The van der Waals surface area contributed by atoms with Crippen molar-refractivity contribution in [3.63, 3.8) is 0 Å². The van der Waals surface area contributed by atoms with Crippen LogP contribution in [0.2, 0.25) is 0 Å². The van der Waals surface area contributed by atoms with Crippen LogP contribution in [-0.4, -0.2) is 23.5 Å². The molecule has 4 fully saturated rings. The van der Waals surface area contributed by atoms with Crippen LogP contribution in [0.3, 0.4) is 0 Å². The topological polar surface area (TPSA) is 41.8 Å². The summed E-state index contributed by atoms with van der Waals surface area (Å²) >= 11 is 0. The zero-order valence-electron chi connectivity index (χ0n) is 15.8. The Balaban J connectivity index is 1.57. The van der Waals surface area contributed by atoms with E-state index in [4.69, 9.17) is 11.3 Å². The fourth-order valence-corrected chi connectivity index (χ4v) is 7.67. The van der Waals surface area contributed by atoms with Crippen molar-refractivity contribution in [1.29, 1.82) is 0 Å². The van der Waals surface area contributed by atoms with Crippen molar-refractivity contribution >= 4 is 5.71 Å². The molecular formula is C22H33NO2. The summed E-state index contributed by atoms with van der Waals surface area (Å²) in [5.74, 6) is 6.73. The average Bonchev–Trinajstić information content (AvgIpc) is 2.95. The van der Waals surface area contributed by atoms with Crippen molar-refractivity contribution < 1.29 is 9.94 Å². The minimum Gasteiger partial charge on any atom is -0.399 e. The molecule has 0 aromatic rings. The van der Waals surface area contributed by atoms with E-state index < -0.39 is 5.60 Å². The van der Waals surface area contributed by atoms with Crippen molar-refractivity contribution in [3.05, 3.63) is 0 Å². The minimum absolute atomic E-state index is 0.0207. The highest BCUT2D eigenvalue weighted by atomic mass is 16.6. The van der Waals surface area contributed by atoms with Gasteiger partial charge in [0.1, 0.15) is 12.7 Å². The molecule has 138 valence electrons. The number of terminal acetylenes is 1. The fraction of sp³-hybridized carbons (Fsp3) is 0.864. The summed E-state index contributed by atoms with van der Waals surface area (Å²) in [5.41, 5.74) is 0.384. The first-order chi connectivity index (χ1) is 12.1. The Morgan fingerprint density at radius 1 is 1.16 bits per heavy atom. The summed E-state index contributed by atoms with van der Waals surface area (Å²) in [6, 6.07) is 0. The molecule has 0 saturated heterocycles. The molecule has 0 radical (unpaired) electrons. The number of nitrogens with zero attached hydrogens (tertiary/aromatic N) is 1. The van der Waals surface area contributed by atoms with Crippen molar-refractivity contribution in [2.24, 2.45) is 40.2 Å². The summed E-state index contributed by atoms with van der Waals surface area (Å²) in [4.78, 5) is 5.03. The Labute approximate surface area is 152 Å². The van der Waals surface area contributed by atoms with E-state index in [9.17, 15) is 5.11 Å². The van der Waals surface area contributed by atoms with Crippen molar-refractivity contribution in [2.45, 2.75) is 76.7 Å². The highest BCUT2D eigenvalue weighted by Crippen LogP contribution is 2.66. The van der Waals surface area contributed by atoms with Gasteiger partial charge in [-0.05, 0) is 93.8 Å². The van der Waals surface area contributed by atoms with Gasteiger partial charge in [0.25, 0.3) is 0 Å². The summed E-state index contributed by atoms with van der Waals surface area (Å²) < 4.78 is 0. The lowest BCUT2D eigenvalue weighted by Gasteiger charge is -2.57. The molecule has 0 bridgehead atoms. The van der Waals surface area contributed by atoms with Gasteiger partial charge in [0.15, 0.2) is 0 Å². The van der Waals surface area contributed by atoms with Gasteiger partial charge in [0, 0.05) is 5.41 Å². The molecule has 4 aliphatic rings. The predicted octanol–water partition coefficient (Wildman–Crippen LogP) is 4.40. The molecule has 0 aromatic heterocycles. The van der Waals surface area contributed by atoms with Gasteiger partial charge in [0.2, 0.25) is 0 Å². The van der Waals surface area contributed by atoms with Crippen LogP contribution in [0.5, 0.6) is 0 Å². The lowest BCUT2D eigenvalue weighted by atomic mass is 9.48. The lowest BCUT2D eigenvalue weighted by molar-refractivity contribution is -0.113. The van der Waals surface area contributed by atoms with E-state index in [1.807, 2.05) is 0 Å². The second-order valence-corrected chi connectivity index (χ2v) is 9.11. The molecule has 0 spiro atoms. The largest absolute Gasteiger partial charge is 0.399 e. The first-order valence-electron chi connectivity index (χ1n) is 10.4. The van der Waals surface area contributed by atoms with Crippen LogP contribution in [0, 0.1) is 47.3 Å². The molecular weight excluding hydrogens is 310 g/mol. The second-order valence-electron chi connectivity index (χ2n) is 9.11. The summed E-state index contributed by atoms with van der Waals surface area (Å²) in [5, 5.41) is 15.4. The molecule has 1 N–H and O–H groups in total. The maximum absolute atomic E-state index is 11.2. The summed E-state index contributed by atoms with van der Waals surface area (Å²) in [6.07, 6.45) is 17.3. The van der Waals surface area contributed by atoms with Gasteiger partial charge < -0.3 is 9.94 Å². The molecule has 4 saturated carbocycles. The van der Waals surface area contributed by atoms with Gasteiger partial charge in [0.05, 0.1) is 5.71 Å². The maximum atomic E-state index is 11.2. The molecule has 1 unspecified atom stereocenters. The van der Waals surface area contributed by atoms with Gasteiger partial charge in [-0.3, -0.25) is 0 Å². The fourth-order valence-electron chi connectivity index (χ4n) is 7.67. The van der Waals surface area contributed by atoms with Crippen LogP contribution < -0.4 is 0 Å². The number of hydrogen-bond donors (Lipinski definition) is 1. The molecule has 0 amide bonds. The van der Waals surface area contributed by atoms with Crippen LogP contribution in [0.4, 0.5) is 0 Å². The van der Waals surface area contributed by atoms with E-state index in [-0.39, 0.29) is 5.41 Å². The third kappa shape index (κ3) is 2.40. The zero-order chi connectivity index (χ0) is 17.7. The third-order valence-corrected chi connectivity index (χ3v) is 8.72. The number of hydrogen-bond acceptors (Lipinski definition) is 3. The van der Waals surface area contributed by atoms with E-state index in [0.29, 0.717) is 5.92 Å². The first-order valence-corrected chi connectivity index (χ1v) is 10.4. The predicted molar refractivity (Wildman–Crippen MR) is 100.0 cm³/mol. The quantitative estimate of drug-likeness (QED) is 0.596. The van der Waals surface area contributed by atoms with Crippen LogP contribution >= 0.6 is 0 Å². The molecule has 3 nitrogen and oxygen atoms in total. The molecule has 0 aliphatic heterocycles. The van der Waals surface area contributed by atoms with E-state index in [0.717, 1.165) is 62.2 Å². The van der Waals surface area contributed by atoms with Crippen LogP contribution in [0.1, 0.15) is 71.1 Å². The number of rotatable bonds is 2. The maximum Gasteiger partial charge on any atom is 0.131 e. The standard InChI is InChI=1S/C22H33NO2/c1-4-21-12-10-18-17-9-7-16(23-25-3)14-15(17)6-8-19(18)20(21)11-13-22(21,24)5-2/h2,15,17-20,24H,4,6-14H2,1,3H3/b23-16+/t15-,17+,18-,19-,20+,21+,22?/m1/s1. The number of aliphatic hydroxyl groups is 1. The molecule has 25 heavy (non-hydrogen) atoms. The van der Waals surface area contributed by atoms with Crippen LogP contribution in [-0.2, 0) is 4.84 Å². The SMILES string of the molecule is C#CC1(O)CC[C@H]2[C@@H]3CC[C@@H]4C/C(=N/OC)CC[C@@H]4[C@H]3CC[C@@]21CC. The summed E-state index contributed by atoms with van der Waals surface area (Å²) in [6.45, 7) is 2.25. The van der Waals surface area contributed by atoms with E-state index in [2.05, 4.69) is 18.0 Å². The molecule has 0 aromatic carbocycles. The Morgan fingerprint density at radius 3 is 2.72 bits per heavy atom. The van der Waals surface area contributed by atoms with Crippen LogP contribution in [0.15, 0.2) is 5.16 Å².